The quantitative estimate of drug-likeness (QED) is 0.338. The smallest absolute Gasteiger partial charge is 0.408 e. The summed E-state index contributed by atoms with van der Waals surface area (Å²) in [4.78, 5) is 42.4. The first-order chi connectivity index (χ1) is 18.7. The first-order valence-electron chi connectivity index (χ1n) is 13.7. The number of phenols is 1. The number of alkyl carbamates (subject to hydrolysis) is 1. The second kappa shape index (κ2) is 14.4. The van der Waals surface area contributed by atoms with Crippen LogP contribution in [-0.4, -0.2) is 51.6 Å². The summed E-state index contributed by atoms with van der Waals surface area (Å²) in [5.41, 5.74) is 1.20. The van der Waals surface area contributed by atoms with Gasteiger partial charge in [-0.15, -0.1) is 6.42 Å². The summed E-state index contributed by atoms with van der Waals surface area (Å²) in [6.45, 7) is 12.8. The molecule has 216 valence electrons. The molecule has 0 aliphatic heterocycles. The van der Waals surface area contributed by atoms with Crippen molar-refractivity contribution in [1.82, 2.24) is 15.5 Å². The van der Waals surface area contributed by atoms with Crippen LogP contribution in [-0.2, 0) is 20.7 Å². The van der Waals surface area contributed by atoms with Crippen molar-refractivity contribution in [3.05, 3.63) is 65.2 Å². The highest BCUT2D eigenvalue weighted by Crippen LogP contribution is 2.27. The van der Waals surface area contributed by atoms with Crippen LogP contribution in [0.2, 0.25) is 0 Å². The van der Waals surface area contributed by atoms with Crippen LogP contribution in [0.5, 0.6) is 5.75 Å². The van der Waals surface area contributed by atoms with Crippen molar-refractivity contribution in [1.29, 1.82) is 0 Å². The second-order valence-corrected chi connectivity index (χ2v) is 11.3. The summed E-state index contributed by atoms with van der Waals surface area (Å²) in [7, 11) is 0. The summed E-state index contributed by atoms with van der Waals surface area (Å²) in [6, 6.07) is 10.9. The normalized spacial score (nSPS) is 13.5. The third-order valence-electron chi connectivity index (χ3n) is 6.21. The molecular weight excluding hydrogens is 506 g/mol. The minimum Gasteiger partial charge on any atom is -0.508 e. The Morgan fingerprint density at radius 2 is 1.60 bits per heavy atom. The Bertz CT molecular complexity index is 1180. The van der Waals surface area contributed by atoms with Crippen LogP contribution >= 0.6 is 0 Å². The van der Waals surface area contributed by atoms with E-state index in [4.69, 9.17) is 11.2 Å². The number of aromatic hydroxyl groups is 1. The van der Waals surface area contributed by atoms with Crippen molar-refractivity contribution in [2.24, 2.45) is 0 Å². The van der Waals surface area contributed by atoms with Gasteiger partial charge in [0.25, 0.3) is 0 Å². The minimum atomic E-state index is -1.05. The lowest BCUT2D eigenvalue weighted by atomic mass is 9.97. The molecule has 3 amide bonds. The zero-order valence-electron chi connectivity index (χ0n) is 24.7. The van der Waals surface area contributed by atoms with E-state index in [0.717, 1.165) is 12.8 Å². The van der Waals surface area contributed by atoms with Crippen molar-refractivity contribution in [3.8, 4) is 18.1 Å². The number of hydrogen-bond acceptors (Lipinski definition) is 5. The third-order valence-corrected chi connectivity index (χ3v) is 6.21. The number of carbonyl (C=O) groups excluding carboxylic acids is 3. The van der Waals surface area contributed by atoms with E-state index in [0.29, 0.717) is 16.7 Å². The molecule has 0 radical (unpaired) electrons. The average molecular weight is 550 g/mol. The third kappa shape index (κ3) is 9.64. The predicted molar refractivity (Wildman–Crippen MR) is 157 cm³/mol. The van der Waals surface area contributed by atoms with E-state index in [-0.39, 0.29) is 24.1 Å². The van der Waals surface area contributed by atoms with Gasteiger partial charge in [-0.2, -0.15) is 0 Å². The lowest BCUT2D eigenvalue weighted by Crippen LogP contribution is -2.56. The molecule has 8 heteroatoms. The molecule has 0 heterocycles. The molecule has 2 aromatic carbocycles. The molecular formula is C32H43N3O5. The average Bonchev–Trinajstić information content (AvgIpc) is 2.86. The highest BCUT2D eigenvalue weighted by molar-refractivity contribution is 5.92. The van der Waals surface area contributed by atoms with E-state index >= 15 is 0 Å². The molecule has 3 N–H and O–H groups in total. The Morgan fingerprint density at radius 1 is 1.00 bits per heavy atom. The maximum atomic E-state index is 14.3. The summed E-state index contributed by atoms with van der Waals surface area (Å²) in [5.74, 6) is 1.89. The van der Waals surface area contributed by atoms with Gasteiger partial charge in [-0.25, -0.2) is 4.79 Å². The van der Waals surface area contributed by atoms with Gasteiger partial charge in [-0.3, -0.25) is 9.59 Å². The first kappa shape index (κ1) is 32.2. The van der Waals surface area contributed by atoms with Gasteiger partial charge in [0.2, 0.25) is 11.8 Å². The molecule has 2 rings (SSSR count). The van der Waals surface area contributed by atoms with E-state index in [1.54, 1.807) is 57.2 Å². The fraction of sp³-hybridized carbons (Fsp3) is 0.469. The van der Waals surface area contributed by atoms with E-state index in [1.807, 2.05) is 27.7 Å². The number of nitrogens with zero attached hydrogens (tertiary/aromatic N) is 1. The molecule has 0 saturated carbocycles. The van der Waals surface area contributed by atoms with Gasteiger partial charge in [-0.05, 0) is 83.4 Å². The maximum absolute atomic E-state index is 14.3. The monoisotopic (exact) mass is 549 g/mol. The Hall–Kier alpha value is -3.99. The first-order valence-corrected chi connectivity index (χ1v) is 13.7. The van der Waals surface area contributed by atoms with Crippen molar-refractivity contribution in [2.45, 2.75) is 97.5 Å². The molecule has 0 fully saturated rings. The highest BCUT2D eigenvalue weighted by Gasteiger charge is 2.38. The molecule has 40 heavy (non-hydrogen) atoms. The topological polar surface area (TPSA) is 108 Å². The van der Waals surface area contributed by atoms with Gasteiger partial charge in [-0.1, -0.05) is 43.5 Å². The van der Waals surface area contributed by atoms with Gasteiger partial charge in [0.05, 0.1) is 0 Å². The summed E-state index contributed by atoms with van der Waals surface area (Å²) < 4.78 is 5.45. The van der Waals surface area contributed by atoms with Gasteiger partial charge < -0.3 is 25.4 Å². The summed E-state index contributed by atoms with van der Waals surface area (Å²) in [6.07, 6.45) is 6.60. The van der Waals surface area contributed by atoms with Crippen LogP contribution < -0.4 is 10.6 Å². The number of rotatable bonds is 11. The number of ether oxygens (including phenoxy) is 1. The Labute approximate surface area is 238 Å². The Morgan fingerprint density at radius 3 is 2.10 bits per heavy atom. The largest absolute Gasteiger partial charge is 0.508 e. The van der Waals surface area contributed by atoms with Gasteiger partial charge in [0.1, 0.15) is 23.4 Å². The number of nitrogens with one attached hydrogen (secondary N) is 2. The summed E-state index contributed by atoms with van der Waals surface area (Å²) in [5, 5.41) is 15.5. The van der Waals surface area contributed by atoms with Crippen LogP contribution in [0.25, 0.3) is 0 Å². The van der Waals surface area contributed by atoms with Crippen molar-refractivity contribution in [3.63, 3.8) is 0 Å². The molecule has 3 atom stereocenters. The van der Waals surface area contributed by atoms with Crippen LogP contribution in [0.3, 0.4) is 0 Å². The fourth-order valence-corrected chi connectivity index (χ4v) is 4.40. The number of hydrogen-bond donors (Lipinski definition) is 3. The standard InChI is InChI=1S/C32H43N3O5/c1-9-11-22(5)33-29(37)28(25-16-12-23(10-2)13-17-25)35(21(3)4)30(38)27(34-31(39)40-32(6,7)8)20-24-14-18-26(36)19-15-24/h2,12-19,21-22,27-28,36H,9,11,20H2,1,3-8H3,(H,33,37)(H,34,39). The molecule has 0 spiro atoms. The van der Waals surface area contributed by atoms with E-state index in [2.05, 4.69) is 16.6 Å². The molecule has 8 nitrogen and oxygen atoms in total. The molecule has 0 saturated heterocycles. The molecule has 3 unspecified atom stereocenters. The van der Waals surface area contributed by atoms with Gasteiger partial charge in [0, 0.05) is 24.1 Å². The number of phenolic OH excluding ortho intramolecular Hbond substituents is 1. The number of benzene rings is 2. The fourth-order valence-electron chi connectivity index (χ4n) is 4.40. The zero-order chi connectivity index (χ0) is 30.0. The molecule has 0 aliphatic rings. The lowest BCUT2D eigenvalue weighted by Gasteiger charge is -2.37. The van der Waals surface area contributed by atoms with E-state index in [9.17, 15) is 19.5 Å². The summed E-state index contributed by atoms with van der Waals surface area (Å²) >= 11 is 0. The molecule has 2 aromatic rings. The van der Waals surface area contributed by atoms with E-state index < -0.39 is 35.7 Å². The van der Waals surface area contributed by atoms with Gasteiger partial charge in [0.15, 0.2) is 0 Å². The maximum Gasteiger partial charge on any atom is 0.408 e. The number of amides is 3. The molecule has 0 aliphatic carbocycles. The van der Waals surface area contributed by atoms with Gasteiger partial charge >= 0.3 is 6.09 Å². The highest BCUT2D eigenvalue weighted by atomic mass is 16.6. The zero-order valence-corrected chi connectivity index (χ0v) is 24.7. The van der Waals surface area contributed by atoms with Crippen LogP contribution in [0.15, 0.2) is 48.5 Å². The van der Waals surface area contributed by atoms with Crippen molar-refractivity contribution < 1.29 is 24.2 Å². The van der Waals surface area contributed by atoms with E-state index in [1.165, 1.54) is 17.0 Å². The van der Waals surface area contributed by atoms with Crippen LogP contribution in [0, 0.1) is 12.3 Å². The van der Waals surface area contributed by atoms with Crippen LogP contribution in [0.4, 0.5) is 4.79 Å². The Kier molecular flexibility index (Phi) is 11.6. The molecule has 0 bridgehead atoms. The molecule has 0 aromatic heterocycles. The Balaban J connectivity index is 2.56. The van der Waals surface area contributed by atoms with Crippen LogP contribution in [0.1, 0.15) is 84.0 Å². The second-order valence-electron chi connectivity index (χ2n) is 11.3. The number of carbonyl (C=O) groups is 3. The lowest BCUT2D eigenvalue weighted by molar-refractivity contribution is -0.144. The van der Waals surface area contributed by atoms with Crippen molar-refractivity contribution >= 4 is 17.9 Å². The SMILES string of the molecule is C#Cc1ccc(C(C(=O)NC(C)CCC)N(C(=O)C(Cc2ccc(O)cc2)NC(=O)OC(C)(C)C)C(C)C)cc1. The van der Waals surface area contributed by atoms with Crippen molar-refractivity contribution in [2.75, 3.05) is 0 Å². The number of terminal acetylenes is 1. The predicted octanol–water partition coefficient (Wildman–Crippen LogP) is 5.09. The minimum absolute atomic E-state index is 0.0869.